The number of hydrogen-bond acceptors (Lipinski definition) is 2. The van der Waals surface area contributed by atoms with Gasteiger partial charge in [0.15, 0.2) is 0 Å². The van der Waals surface area contributed by atoms with Gasteiger partial charge in [0.1, 0.15) is 6.29 Å². The first kappa shape index (κ1) is 10.4. The van der Waals surface area contributed by atoms with Gasteiger partial charge in [0.25, 0.3) is 0 Å². The van der Waals surface area contributed by atoms with Crippen LogP contribution in [0.3, 0.4) is 0 Å². The molecule has 1 saturated heterocycles. The predicted molar refractivity (Wildman–Crippen MR) is 60.7 cm³/mol. The molecule has 0 amide bonds. The van der Waals surface area contributed by atoms with Crippen molar-refractivity contribution >= 4 is 6.29 Å². The third-order valence-corrected chi connectivity index (χ3v) is 3.15. The minimum Gasteiger partial charge on any atom is -0.316 e. The molecule has 2 nitrogen and oxygen atoms in total. The molecule has 0 spiro atoms. The Labute approximate surface area is 90.7 Å². The summed E-state index contributed by atoms with van der Waals surface area (Å²) in [5.74, 6) is 0. The van der Waals surface area contributed by atoms with Crippen molar-refractivity contribution in [2.45, 2.75) is 19.3 Å². The number of piperidine rings is 1. The van der Waals surface area contributed by atoms with Crippen LogP contribution in [0.1, 0.15) is 18.4 Å². The lowest BCUT2D eigenvalue weighted by Gasteiger charge is -2.32. The summed E-state index contributed by atoms with van der Waals surface area (Å²) in [6, 6.07) is 10.3. The smallest absolute Gasteiger partial charge is 0.127 e. The number of rotatable bonds is 3. The van der Waals surface area contributed by atoms with Gasteiger partial charge in [-0.25, -0.2) is 0 Å². The molecule has 1 aliphatic heterocycles. The maximum Gasteiger partial charge on any atom is 0.127 e. The van der Waals surface area contributed by atoms with Gasteiger partial charge in [-0.1, -0.05) is 30.3 Å². The molecule has 1 aliphatic rings. The summed E-state index contributed by atoms with van der Waals surface area (Å²) in [6.07, 6.45) is 4.13. The molecule has 80 valence electrons. The largest absolute Gasteiger partial charge is 0.316 e. The quantitative estimate of drug-likeness (QED) is 0.759. The fraction of sp³-hybridized carbons (Fsp3) is 0.462. The zero-order chi connectivity index (χ0) is 10.6. The third kappa shape index (κ3) is 2.45. The number of aldehydes is 1. The van der Waals surface area contributed by atoms with Gasteiger partial charge in [-0.05, 0) is 31.4 Å². The molecular weight excluding hydrogens is 186 g/mol. The van der Waals surface area contributed by atoms with Gasteiger partial charge < -0.3 is 10.1 Å². The molecular formula is C13H17NO. The van der Waals surface area contributed by atoms with Crippen LogP contribution in [0.4, 0.5) is 0 Å². The molecule has 1 atom stereocenters. The van der Waals surface area contributed by atoms with Gasteiger partial charge in [0.05, 0.1) is 0 Å². The van der Waals surface area contributed by atoms with Crippen LogP contribution in [-0.2, 0) is 11.2 Å². The minimum atomic E-state index is -0.167. The van der Waals surface area contributed by atoms with Crippen molar-refractivity contribution in [1.82, 2.24) is 5.32 Å². The van der Waals surface area contributed by atoms with Gasteiger partial charge in [-0.3, -0.25) is 0 Å². The first-order valence-corrected chi connectivity index (χ1v) is 5.56. The van der Waals surface area contributed by atoms with E-state index in [0.29, 0.717) is 0 Å². The van der Waals surface area contributed by atoms with Crippen molar-refractivity contribution < 1.29 is 4.79 Å². The Morgan fingerprint density at radius 3 is 2.73 bits per heavy atom. The van der Waals surface area contributed by atoms with Crippen LogP contribution < -0.4 is 5.32 Å². The minimum absolute atomic E-state index is 0.167. The third-order valence-electron chi connectivity index (χ3n) is 3.15. The normalized spacial score (nSPS) is 26.1. The number of carbonyl (C=O) groups is 1. The molecule has 0 radical (unpaired) electrons. The summed E-state index contributed by atoms with van der Waals surface area (Å²) >= 11 is 0. The van der Waals surface area contributed by atoms with Crippen LogP contribution in [0.25, 0.3) is 0 Å². The molecule has 0 bridgehead atoms. The molecule has 0 aliphatic carbocycles. The average molecular weight is 203 g/mol. The molecule has 0 aromatic heterocycles. The molecule has 0 unspecified atom stereocenters. The molecule has 1 aromatic carbocycles. The lowest BCUT2D eigenvalue weighted by atomic mass is 9.77. The highest BCUT2D eigenvalue weighted by Crippen LogP contribution is 2.28. The van der Waals surface area contributed by atoms with Crippen molar-refractivity contribution in [3.05, 3.63) is 35.9 Å². The average Bonchev–Trinajstić information content (AvgIpc) is 2.32. The summed E-state index contributed by atoms with van der Waals surface area (Å²) in [5.41, 5.74) is 1.09. The van der Waals surface area contributed by atoms with E-state index in [1.807, 2.05) is 18.2 Å². The summed E-state index contributed by atoms with van der Waals surface area (Å²) < 4.78 is 0. The lowest BCUT2D eigenvalue weighted by molar-refractivity contribution is -0.117. The van der Waals surface area contributed by atoms with E-state index in [2.05, 4.69) is 17.4 Å². The Morgan fingerprint density at radius 1 is 1.33 bits per heavy atom. The Hall–Kier alpha value is -1.15. The van der Waals surface area contributed by atoms with Crippen molar-refractivity contribution in [2.75, 3.05) is 13.1 Å². The second-order valence-corrected chi connectivity index (χ2v) is 4.42. The van der Waals surface area contributed by atoms with E-state index in [0.717, 1.165) is 38.6 Å². The van der Waals surface area contributed by atoms with Crippen LogP contribution in [0.5, 0.6) is 0 Å². The zero-order valence-corrected chi connectivity index (χ0v) is 8.91. The van der Waals surface area contributed by atoms with E-state index < -0.39 is 0 Å². The fourth-order valence-corrected chi connectivity index (χ4v) is 2.29. The lowest BCUT2D eigenvalue weighted by Crippen LogP contribution is -2.42. The van der Waals surface area contributed by atoms with E-state index >= 15 is 0 Å². The molecule has 0 saturated carbocycles. The van der Waals surface area contributed by atoms with E-state index in [-0.39, 0.29) is 5.41 Å². The maximum absolute atomic E-state index is 11.2. The Morgan fingerprint density at radius 2 is 2.13 bits per heavy atom. The zero-order valence-electron chi connectivity index (χ0n) is 8.91. The van der Waals surface area contributed by atoms with Crippen molar-refractivity contribution in [1.29, 1.82) is 0 Å². The van der Waals surface area contributed by atoms with Crippen LogP contribution >= 0.6 is 0 Å². The van der Waals surface area contributed by atoms with Gasteiger partial charge in [0.2, 0.25) is 0 Å². The maximum atomic E-state index is 11.2. The van der Waals surface area contributed by atoms with Crippen LogP contribution in [0.15, 0.2) is 30.3 Å². The molecule has 15 heavy (non-hydrogen) atoms. The van der Waals surface area contributed by atoms with E-state index in [9.17, 15) is 4.79 Å². The highest BCUT2D eigenvalue weighted by Gasteiger charge is 2.31. The summed E-state index contributed by atoms with van der Waals surface area (Å²) in [4.78, 5) is 11.2. The van der Waals surface area contributed by atoms with Crippen LogP contribution in [0.2, 0.25) is 0 Å². The van der Waals surface area contributed by atoms with Crippen LogP contribution in [-0.4, -0.2) is 19.4 Å². The summed E-state index contributed by atoms with van der Waals surface area (Å²) in [7, 11) is 0. The van der Waals surface area contributed by atoms with Gasteiger partial charge in [-0.2, -0.15) is 0 Å². The summed E-state index contributed by atoms with van der Waals surface area (Å²) in [5, 5.41) is 3.32. The van der Waals surface area contributed by atoms with Crippen molar-refractivity contribution in [3.8, 4) is 0 Å². The molecule has 2 rings (SSSR count). The van der Waals surface area contributed by atoms with Crippen molar-refractivity contribution in [2.24, 2.45) is 5.41 Å². The van der Waals surface area contributed by atoms with E-state index in [1.54, 1.807) is 0 Å². The number of nitrogens with one attached hydrogen (secondary N) is 1. The first-order chi connectivity index (χ1) is 7.35. The Balaban J connectivity index is 2.10. The second kappa shape index (κ2) is 4.58. The molecule has 1 aromatic rings. The SMILES string of the molecule is O=C[C@@]1(Cc2ccccc2)CCCNC1. The Kier molecular flexibility index (Phi) is 3.17. The van der Waals surface area contributed by atoms with Gasteiger partial charge in [-0.15, -0.1) is 0 Å². The van der Waals surface area contributed by atoms with Crippen LogP contribution in [0, 0.1) is 5.41 Å². The number of carbonyl (C=O) groups excluding carboxylic acids is 1. The topological polar surface area (TPSA) is 29.1 Å². The van der Waals surface area contributed by atoms with E-state index in [1.165, 1.54) is 5.56 Å². The predicted octanol–water partition coefficient (Wildman–Crippen LogP) is 1.80. The number of hydrogen-bond donors (Lipinski definition) is 1. The molecule has 2 heteroatoms. The fourth-order valence-electron chi connectivity index (χ4n) is 2.29. The highest BCUT2D eigenvalue weighted by molar-refractivity contribution is 5.61. The standard InChI is InChI=1S/C13H17NO/c15-11-13(7-4-8-14-10-13)9-12-5-2-1-3-6-12/h1-3,5-6,11,14H,4,7-10H2/t13-/m1/s1. The number of benzene rings is 1. The van der Waals surface area contributed by atoms with Crippen molar-refractivity contribution in [3.63, 3.8) is 0 Å². The molecule has 1 fully saturated rings. The first-order valence-electron chi connectivity index (χ1n) is 5.56. The second-order valence-electron chi connectivity index (χ2n) is 4.42. The van der Waals surface area contributed by atoms with Gasteiger partial charge in [0, 0.05) is 12.0 Å². The molecule has 1 heterocycles. The Bertz CT molecular complexity index is 315. The monoisotopic (exact) mass is 203 g/mol. The van der Waals surface area contributed by atoms with E-state index in [4.69, 9.17) is 0 Å². The molecule has 1 N–H and O–H groups in total. The highest BCUT2D eigenvalue weighted by atomic mass is 16.1. The van der Waals surface area contributed by atoms with Gasteiger partial charge >= 0.3 is 0 Å². The summed E-state index contributed by atoms with van der Waals surface area (Å²) in [6.45, 7) is 1.87.